The van der Waals surface area contributed by atoms with Crippen LogP contribution in [-0.4, -0.2) is 56.6 Å². The molecule has 0 heterocycles. The Balaban J connectivity index is 2.13. The van der Waals surface area contributed by atoms with Crippen molar-refractivity contribution in [1.82, 2.24) is 10.2 Å². The third-order valence-corrected chi connectivity index (χ3v) is 7.15. The van der Waals surface area contributed by atoms with Gasteiger partial charge in [-0.2, -0.15) is 0 Å². The van der Waals surface area contributed by atoms with E-state index in [2.05, 4.69) is 5.32 Å². The number of sulfonamides is 1. The molecule has 0 saturated carbocycles. The molecule has 0 spiro atoms. The summed E-state index contributed by atoms with van der Waals surface area (Å²) < 4.78 is 31.7. The molecule has 2 amide bonds. The van der Waals surface area contributed by atoms with E-state index >= 15 is 0 Å². The highest BCUT2D eigenvalue weighted by molar-refractivity contribution is 7.92. The van der Waals surface area contributed by atoms with Gasteiger partial charge in [0, 0.05) is 25.6 Å². The van der Waals surface area contributed by atoms with Gasteiger partial charge in [-0.25, -0.2) is 8.42 Å². The predicted octanol–water partition coefficient (Wildman–Crippen LogP) is 3.96. The summed E-state index contributed by atoms with van der Waals surface area (Å²) in [6, 6.07) is 15.7. The molecule has 36 heavy (non-hydrogen) atoms. The molecule has 0 aromatic heterocycles. The Morgan fingerprint density at radius 2 is 1.64 bits per heavy atom. The smallest absolute Gasteiger partial charge is 0.242 e. The van der Waals surface area contributed by atoms with Crippen LogP contribution >= 0.6 is 0 Å². The third-order valence-electron chi connectivity index (χ3n) is 5.95. The Morgan fingerprint density at radius 1 is 1.00 bits per heavy atom. The average Bonchev–Trinajstić information content (AvgIpc) is 2.85. The average molecular weight is 518 g/mol. The van der Waals surface area contributed by atoms with Crippen molar-refractivity contribution in [3.05, 3.63) is 60.2 Å². The molecule has 0 aliphatic heterocycles. The zero-order valence-corrected chi connectivity index (χ0v) is 22.8. The van der Waals surface area contributed by atoms with Gasteiger partial charge in [-0.15, -0.1) is 0 Å². The van der Waals surface area contributed by atoms with Crippen LogP contribution in [-0.2, 0) is 26.2 Å². The first-order valence-electron chi connectivity index (χ1n) is 12.4. The Labute approximate surface area is 215 Å². The molecular formula is C27H39N3O5S. The first kappa shape index (κ1) is 29.2. The van der Waals surface area contributed by atoms with Crippen LogP contribution in [0.3, 0.4) is 0 Å². The van der Waals surface area contributed by atoms with Gasteiger partial charge in [0.05, 0.1) is 18.6 Å². The van der Waals surface area contributed by atoms with E-state index in [0.29, 0.717) is 31.0 Å². The lowest BCUT2D eigenvalue weighted by atomic mass is 10.1. The predicted molar refractivity (Wildman–Crippen MR) is 143 cm³/mol. The van der Waals surface area contributed by atoms with Gasteiger partial charge in [-0.3, -0.25) is 13.9 Å². The Kier molecular flexibility index (Phi) is 11.2. The molecule has 198 valence electrons. The summed E-state index contributed by atoms with van der Waals surface area (Å²) in [5.41, 5.74) is 1.43. The molecule has 0 unspecified atom stereocenters. The fourth-order valence-corrected chi connectivity index (χ4v) is 4.67. The van der Waals surface area contributed by atoms with Crippen LogP contribution in [0.15, 0.2) is 54.6 Å². The van der Waals surface area contributed by atoms with Gasteiger partial charge in [-0.05, 0) is 63.4 Å². The standard InChI is InChI=1S/C27H39N3O5S/c1-6-21(3)28-27(32)22(4)29(20-23-12-9-8-10-13-23)26(31)14-11-19-30(36(5,33)34)24-15-17-25(18-16-24)35-7-2/h8-10,12-13,15-18,21-22H,6-7,11,14,19-20H2,1-5H3,(H,28,32)/t21-,22-/m0/s1. The van der Waals surface area contributed by atoms with E-state index in [1.54, 1.807) is 36.1 Å². The first-order chi connectivity index (χ1) is 17.1. The number of nitrogens with one attached hydrogen (secondary N) is 1. The number of amides is 2. The van der Waals surface area contributed by atoms with E-state index in [9.17, 15) is 18.0 Å². The second kappa shape index (κ2) is 13.9. The van der Waals surface area contributed by atoms with Crippen LogP contribution in [0.2, 0.25) is 0 Å². The maximum atomic E-state index is 13.3. The number of carbonyl (C=O) groups excluding carboxylic acids is 2. The minimum Gasteiger partial charge on any atom is -0.494 e. The van der Waals surface area contributed by atoms with Gasteiger partial charge < -0.3 is 15.0 Å². The molecular weight excluding hydrogens is 478 g/mol. The summed E-state index contributed by atoms with van der Waals surface area (Å²) in [6.07, 6.45) is 2.35. The topological polar surface area (TPSA) is 96.0 Å². The van der Waals surface area contributed by atoms with E-state index in [4.69, 9.17) is 4.74 Å². The van der Waals surface area contributed by atoms with E-state index in [-0.39, 0.29) is 30.8 Å². The molecule has 2 rings (SSSR count). The Morgan fingerprint density at radius 3 is 2.19 bits per heavy atom. The molecule has 9 heteroatoms. The number of anilines is 1. The van der Waals surface area contributed by atoms with Gasteiger partial charge in [-0.1, -0.05) is 37.3 Å². The maximum absolute atomic E-state index is 13.3. The number of nitrogens with zero attached hydrogens (tertiary/aromatic N) is 2. The molecule has 0 aliphatic carbocycles. The number of hydrogen-bond acceptors (Lipinski definition) is 5. The largest absolute Gasteiger partial charge is 0.494 e. The lowest BCUT2D eigenvalue weighted by Gasteiger charge is -2.30. The number of carbonyl (C=O) groups is 2. The molecule has 8 nitrogen and oxygen atoms in total. The van der Waals surface area contributed by atoms with Crippen molar-refractivity contribution in [1.29, 1.82) is 0 Å². The quantitative estimate of drug-likeness (QED) is 0.409. The minimum atomic E-state index is -3.55. The minimum absolute atomic E-state index is 0.00561. The van der Waals surface area contributed by atoms with Crippen LogP contribution < -0.4 is 14.4 Å². The van der Waals surface area contributed by atoms with Crippen LogP contribution in [0.4, 0.5) is 5.69 Å². The van der Waals surface area contributed by atoms with Crippen LogP contribution in [0.25, 0.3) is 0 Å². The van der Waals surface area contributed by atoms with Crippen molar-refractivity contribution in [3.8, 4) is 5.75 Å². The number of rotatable bonds is 14. The van der Waals surface area contributed by atoms with Gasteiger partial charge in [0.25, 0.3) is 0 Å². The lowest BCUT2D eigenvalue weighted by Crippen LogP contribution is -2.49. The first-order valence-corrected chi connectivity index (χ1v) is 14.3. The fraction of sp³-hybridized carbons (Fsp3) is 0.481. The highest BCUT2D eigenvalue weighted by Crippen LogP contribution is 2.22. The molecule has 2 aromatic rings. The van der Waals surface area contributed by atoms with Gasteiger partial charge in [0.15, 0.2) is 0 Å². The summed E-state index contributed by atoms with van der Waals surface area (Å²) in [5.74, 6) is 0.248. The van der Waals surface area contributed by atoms with Crippen molar-refractivity contribution < 1.29 is 22.7 Å². The summed E-state index contributed by atoms with van der Waals surface area (Å²) >= 11 is 0. The third kappa shape index (κ3) is 8.86. The summed E-state index contributed by atoms with van der Waals surface area (Å²) in [4.78, 5) is 27.7. The van der Waals surface area contributed by atoms with Gasteiger partial charge in [0.2, 0.25) is 21.8 Å². The van der Waals surface area contributed by atoms with Crippen molar-refractivity contribution in [2.75, 3.05) is 23.7 Å². The maximum Gasteiger partial charge on any atom is 0.242 e. The van der Waals surface area contributed by atoms with Crippen LogP contribution in [0.1, 0.15) is 52.5 Å². The highest BCUT2D eigenvalue weighted by Gasteiger charge is 2.27. The molecule has 2 atom stereocenters. The Bertz CT molecular complexity index is 1070. The monoisotopic (exact) mass is 517 g/mol. The molecule has 0 aliphatic rings. The van der Waals surface area contributed by atoms with Gasteiger partial charge in [0.1, 0.15) is 11.8 Å². The summed E-state index contributed by atoms with van der Waals surface area (Å²) in [6.45, 7) is 8.47. The zero-order chi connectivity index (χ0) is 26.7. The van der Waals surface area contributed by atoms with E-state index in [1.165, 1.54) is 4.31 Å². The molecule has 0 saturated heterocycles. The fourth-order valence-electron chi connectivity index (χ4n) is 3.71. The van der Waals surface area contributed by atoms with Crippen LogP contribution in [0.5, 0.6) is 5.75 Å². The van der Waals surface area contributed by atoms with Crippen molar-refractivity contribution in [2.24, 2.45) is 0 Å². The second-order valence-electron chi connectivity index (χ2n) is 8.87. The Hall–Kier alpha value is -3.07. The van der Waals surface area contributed by atoms with E-state index in [1.807, 2.05) is 51.1 Å². The van der Waals surface area contributed by atoms with E-state index < -0.39 is 16.1 Å². The van der Waals surface area contributed by atoms with Crippen LogP contribution in [0, 0.1) is 0 Å². The molecule has 0 fully saturated rings. The molecule has 2 aromatic carbocycles. The summed E-state index contributed by atoms with van der Waals surface area (Å²) in [7, 11) is -3.55. The molecule has 1 N–H and O–H groups in total. The van der Waals surface area contributed by atoms with Crippen molar-refractivity contribution in [3.63, 3.8) is 0 Å². The molecule has 0 radical (unpaired) electrons. The summed E-state index contributed by atoms with van der Waals surface area (Å²) in [5, 5.41) is 2.95. The van der Waals surface area contributed by atoms with Crippen molar-refractivity contribution >= 4 is 27.5 Å². The highest BCUT2D eigenvalue weighted by atomic mass is 32.2. The lowest BCUT2D eigenvalue weighted by molar-refractivity contribution is -0.140. The zero-order valence-electron chi connectivity index (χ0n) is 21.9. The number of hydrogen-bond donors (Lipinski definition) is 1. The van der Waals surface area contributed by atoms with E-state index in [0.717, 1.165) is 18.2 Å². The second-order valence-corrected chi connectivity index (χ2v) is 10.8. The molecule has 0 bridgehead atoms. The number of benzene rings is 2. The SMILES string of the molecule is CCOc1ccc(N(CCCC(=O)N(Cc2ccccc2)[C@@H](C)C(=O)N[C@@H](C)CC)S(C)(=O)=O)cc1. The number of ether oxygens (including phenoxy) is 1. The normalized spacial score (nSPS) is 12.9. The van der Waals surface area contributed by atoms with Crippen molar-refractivity contribution in [2.45, 2.75) is 65.6 Å². The van der Waals surface area contributed by atoms with Gasteiger partial charge >= 0.3 is 0 Å².